The van der Waals surface area contributed by atoms with Crippen LogP contribution in [-0.2, 0) is 4.79 Å². The van der Waals surface area contributed by atoms with Crippen LogP contribution in [0.5, 0.6) is 5.75 Å². The van der Waals surface area contributed by atoms with Gasteiger partial charge in [0.2, 0.25) is 0 Å². The standard InChI is InChI=1S/C16H16ClNO2/c1-11-6-3-4-9-15(11)20-12(2)16(19)18-14-8-5-7-13(17)10-14/h3-10,12H,1-2H3,(H,18,19)/t12-/m0/s1. The van der Waals surface area contributed by atoms with Crippen LogP contribution < -0.4 is 10.1 Å². The van der Waals surface area contributed by atoms with Crippen molar-refractivity contribution in [3.63, 3.8) is 0 Å². The van der Waals surface area contributed by atoms with Crippen molar-refractivity contribution in [2.75, 3.05) is 5.32 Å². The molecule has 2 rings (SSSR count). The minimum absolute atomic E-state index is 0.212. The molecule has 0 saturated carbocycles. The summed E-state index contributed by atoms with van der Waals surface area (Å²) in [5, 5.41) is 3.35. The number of anilines is 1. The molecular formula is C16H16ClNO2. The number of hydrogen-bond donors (Lipinski definition) is 1. The van der Waals surface area contributed by atoms with Gasteiger partial charge in [0.15, 0.2) is 6.10 Å². The van der Waals surface area contributed by atoms with Gasteiger partial charge in [-0.05, 0) is 43.7 Å². The molecule has 0 aromatic heterocycles. The summed E-state index contributed by atoms with van der Waals surface area (Å²) in [6.07, 6.45) is -0.588. The van der Waals surface area contributed by atoms with Crippen LogP contribution in [0.4, 0.5) is 5.69 Å². The predicted molar refractivity (Wildman–Crippen MR) is 81.4 cm³/mol. The number of halogens is 1. The molecule has 0 aliphatic carbocycles. The number of amides is 1. The summed E-state index contributed by atoms with van der Waals surface area (Å²) in [6.45, 7) is 3.66. The summed E-state index contributed by atoms with van der Waals surface area (Å²) in [5.74, 6) is 0.497. The third-order valence-electron chi connectivity index (χ3n) is 2.86. The number of carbonyl (C=O) groups excluding carboxylic acids is 1. The van der Waals surface area contributed by atoms with Crippen LogP contribution in [-0.4, -0.2) is 12.0 Å². The molecule has 0 heterocycles. The number of carbonyl (C=O) groups is 1. The van der Waals surface area contributed by atoms with Gasteiger partial charge in [0.1, 0.15) is 5.75 Å². The van der Waals surface area contributed by atoms with Gasteiger partial charge in [-0.1, -0.05) is 35.9 Å². The van der Waals surface area contributed by atoms with Crippen molar-refractivity contribution in [2.45, 2.75) is 20.0 Å². The first-order valence-electron chi connectivity index (χ1n) is 6.35. The fourth-order valence-electron chi connectivity index (χ4n) is 1.74. The maximum Gasteiger partial charge on any atom is 0.265 e. The van der Waals surface area contributed by atoms with E-state index in [2.05, 4.69) is 5.32 Å². The zero-order valence-electron chi connectivity index (χ0n) is 11.4. The molecule has 1 N–H and O–H groups in total. The van der Waals surface area contributed by atoms with Crippen LogP contribution in [0.2, 0.25) is 5.02 Å². The fraction of sp³-hybridized carbons (Fsp3) is 0.188. The van der Waals surface area contributed by atoms with E-state index in [1.165, 1.54) is 0 Å². The smallest absolute Gasteiger partial charge is 0.265 e. The summed E-state index contributed by atoms with van der Waals surface area (Å²) >= 11 is 5.88. The Labute approximate surface area is 123 Å². The number of nitrogens with one attached hydrogen (secondary N) is 1. The quantitative estimate of drug-likeness (QED) is 0.922. The van der Waals surface area contributed by atoms with Crippen molar-refractivity contribution in [3.8, 4) is 5.75 Å². The van der Waals surface area contributed by atoms with Crippen LogP contribution in [0.25, 0.3) is 0 Å². The summed E-state index contributed by atoms with van der Waals surface area (Å²) in [5.41, 5.74) is 1.65. The third-order valence-corrected chi connectivity index (χ3v) is 3.09. The summed E-state index contributed by atoms with van der Waals surface area (Å²) in [4.78, 5) is 12.1. The summed E-state index contributed by atoms with van der Waals surface area (Å²) in [6, 6.07) is 14.6. The molecule has 0 bridgehead atoms. The first-order chi connectivity index (χ1) is 9.56. The molecule has 0 unspecified atom stereocenters. The number of rotatable bonds is 4. The maximum atomic E-state index is 12.1. The molecule has 0 radical (unpaired) electrons. The molecule has 2 aromatic rings. The first kappa shape index (κ1) is 14.4. The van der Waals surface area contributed by atoms with E-state index in [1.807, 2.05) is 31.2 Å². The number of benzene rings is 2. The molecule has 0 fully saturated rings. The molecule has 3 nitrogen and oxygen atoms in total. The minimum atomic E-state index is -0.588. The van der Waals surface area contributed by atoms with Gasteiger partial charge in [0, 0.05) is 10.7 Å². The Morgan fingerprint density at radius 1 is 1.20 bits per heavy atom. The second-order valence-electron chi connectivity index (χ2n) is 4.53. The first-order valence-corrected chi connectivity index (χ1v) is 6.73. The number of ether oxygens (including phenoxy) is 1. The predicted octanol–water partition coefficient (Wildman–Crippen LogP) is 4.05. The highest BCUT2D eigenvalue weighted by atomic mass is 35.5. The van der Waals surface area contributed by atoms with Crippen LogP contribution in [0.1, 0.15) is 12.5 Å². The van der Waals surface area contributed by atoms with Crippen molar-refractivity contribution in [3.05, 3.63) is 59.1 Å². The van der Waals surface area contributed by atoms with Gasteiger partial charge in [0.05, 0.1) is 0 Å². The van der Waals surface area contributed by atoms with E-state index >= 15 is 0 Å². The highest BCUT2D eigenvalue weighted by Crippen LogP contribution is 2.19. The zero-order valence-corrected chi connectivity index (χ0v) is 12.1. The summed E-state index contributed by atoms with van der Waals surface area (Å²) in [7, 11) is 0. The Morgan fingerprint density at radius 3 is 2.65 bits per heavy atom. The maximum absolute atomic E-state index is 12.1. The van der Waals surface area contributed by atoms with E-state index in [0.717, 1.165) is 5.56 Å². The molecule has 0 spiro atoms. The van der Waals surface area contributed by atoms with E-state index in [1.54, 1.807) is 31.2 Å². The average molecular weight is 290 g/mol. The lowest BCUT2D eigenvalue weighted by molar-refractivity contribution is -0.122. The molecule has 4 heteroatoms. The van der Waals surface area contributed by atoms with Crippen molar-refractivity contribution in [1.29, 1.82) is 0 Å². The van der Waals surface area contributed by atoms with Crippen molar-refractivity contribution < 1.29 is 9.53 Å². The Morgan fingerprint density at radius 2 is 1.95 bits per heavy atom. The third kappa shape index (κ3) is 3.75. The van der Waals surface area contributed by atoms with E-state index in [0.29, 0.717) is 16.5 Å². The highest BCUT2D eigenvalue weighted by Gasteiger charge is 2.15. The van der Waals surface area contributed by atoms with Crippen LogP contribution in [0.15, 0.2) is 48.5 Å². The fourth-order valence-corrected chi connectivity index (χ4v) is 1.93. The summed E-state index contributed by atoms with van der Waals surface area (Å²) < 4.78 is 5.66. The van der Waals surface area contributed by atoms with E-state index < -0.39 is 6.10 Å². The lowest BCUT2D eigenvalue weighted by Crippen LogP contribution is -2.30. The van der Waals surface area contributed by atoms with Gasteiger partial charge in [-0.2, -0.15) is 0 Å². The highest BCUT2D eigenvalue weighted by molar-refractivity contribution is 6.30. The van der Waals surface area contributed by atoms with Crippen molar-refractivity contribution >= 4 is 23.2 Å². The Balaban J connectivity index is 2.01. The molecule has 20 heavy (non-hydrogen) atoms. The molecular weight excluding hydrogens is 274 g/mol. The van der Waals surface area contributed by atoms with Gasteiger partial charge in [-0.3, -0.25) is 4.79 Å². The molecule has 104 valence electrons. The monoisotopic (exact) mass is 289 g/mol. The van der Waals surface area contributed by atoms with Gasteiger partial charge in [-0.15, -0.1) is 0 Å². The van der Waals surface area contributed by atoms with Crippen LogP contribution in [0.3, 0.4) is 0 Å². The average Bonchev–Trinajstić information content (AvgIpc) is 2.41. The number of para-hydroxylation sites is 1. The Bertz CT molecular complexity index is 613. The van der Waals surface area contributed by atoms with E-state index in [4.69, 9.17) is 16.3 Å². The molecule has 1 amide bonds. The van der Waals surface area contributed by atoms with Gasteiger partial charge in [0.25, 0.3) is 5.91 Å². The SMILES string of the molecule is Cc1ccccc1O[C@@H](C)C(=O)Nc1cccc(Cl)c1. The molecule has 2 aromatic carbocycles. The van der Waals surface area contributed by atoms with Gasteiger partial charge >= 0.3 is 0 Å². The molecule has 0 aliphatic heterocycles. The number of hydrogen-bond acceptors (Lipinski definition) is 2. The van der Waals surface area contributed by atoms with E-state index in [-0.39, 0.29) is 5.91 Å². The van der Waals surface area contributed by atoms with Crippen LogP contribution in [0, 0.1) is 6.92 Å². The minimum Gasteiger partial charge on any atom is -0.481 e. The van der Waals surface area contributed by atoms with Crippen molar-refractivity contribution in [2.24, 2.45) is 0 Å². The Kier molecular flexibility index (Phi) is 4.64. The normalized spacial score (nSPS) is 11.8. The zero-order chi connectivity index (χ0) is 14.5. The van der Waals surface area contributed by atoms with Gasteiger partial charge < -0.3 is 10.1 Å². The molecule has 0 saturated heterocycles. The molecule has 0 aliphatic rings. The van der Waals surface area contributed by atoms with E-state index in [9.17, 15) is 4.79 Å². The van der Waals surface area contributed by atoms with Crippen molar-refractivity contribution in [1.82, 2.24) is 0 Å². The lowest BCUT2D eigenvalue weighted by Gasteiger charge is -2.16. The molecule has 1 atom stereocenters. The number of aryl methyl sites for hydroxylation is 1. The van der Waals surface area contributed by atoms with Gasteiger partial charge in [-0.25, -0.2) is 0 Å². The second kappa shape index (κ2) is 6.44. The second-order valence-corrected chi connectivity index (χ2v) is 4.96. The topological polar surface area (TPSA) is 38.3 Å². The Hall–Kier alpha value is -2.00. The van der Waals surface area contributed by atoms with Crippen LogP contribution >= 0.6 is 11.6 Å². The largest absolute Gasteiger partial charge is 0.481 e. The lowest BCUT2D eigenvalue weighted by atomic mass is 10.2.